The molecular formula is C12H16BrN3O2. The molecule has 0 aliphatic carbocycles. The van der Waals surface area contributed by atoms with Gasteiger partial charge in [-0.3, -0.25) is 0 Å². The van der Waals surface area contributed by atoms with Crippen molar-refractivity contribution in [3.63, 3.8) is 0 Å². The quantitative estimate of drug-likeness (QED) is 0.920. The van der Waals surface area contributed by atoms with Crippen LogP contribution in [0.2, 0.25) is 0 Å². The molecule has 0 radical (unpaired) electrons. The summed E-state index contributed by atoms with van der Waals surface area (Å²) in [5, 5.41) is 8.90. The first-order chi connectivity index (χ1) is 8.61. The first-order valence-electron chi connectivity index (χ1n) is 5.98. The number of hydrogen-bond acceptors (Lipinski definition) is 4. The fourth-order valence-corrected chi connectivity index (χ4v) is 2.66. The van der Waals surface area contributed by atoms with Gasteiger partial charge in [0.05, 0.1) is 10.0 Å². The molecule has 0 spiro atoms. The Hall–Kier alpha value is -1.14. The highest BCUT2D eigenvalue weighted by atomic mass is 79.9. The van der Waals surface area contributed by atoms with Gasteiger partial charge in [-0.1, -0.05) is 6.92 Å². The van der Waals surface area contributed by atoms with Gasteiger partial charge in [0.2, 0.25) is 0 Å². The van der Waals surface area contributed by atoms with E-state index in [0.29, 0.717) is 0 Å². The highest BCUT2D eigenvalue weighted by Crippen LogP contribution is 2.25. The van der Waals surface area contributed by atoms with Crippen molar-refractivity contribution in [2.75, 3.05) is 37.6 Å². The van der Waals surface area contributed by atoms with Crippen molar-refractivity contribution in [2.45, 2.75) is 6.92 Å². The molecule has 6 heteroatoms. The topological polar surface area (TPSA) is 56.7 Å². The monoisotopic (exact) mass is 313 g/mol. The van der Waals surface area contributed by atoms with Crippen molar-refractivity contribution in [1.82, 2.24) is 9.88 Å². The second-order valence-corrected chi connectivity index (χ2v) is 5.11. The summed E-state index contributed by atoms with van der Waals surface area (Å²) in [6.45, 7) is 7.11. The van der Waals surface area contributed by atoms with E-state index >= 15 is 0 Å². The number of nitrogens with zero attached hydrogens (tertiary/aromatic N) is 3. The maximum Gasteiger partial charge on any atom is 0.337 e. The minimum atomic E-state index is -0.953. The molecular weight excluding hydrogens is 298 g/mol. The number of aromatic carboxylic acids is 1. The number of carboxylic acid groups (broad SMARTS) is 1. The third kappa shape index (κ3) is 2.81. The molecule has 0 saturated carbocycles. The number of piperazine rings is 1. The minimum Gasteiger partial charge on any atom is -0.478 e. The van der Waals surface area contributed by atoms with Gasteiger partial charge in [-0.2, -0.15) is 0 Å². The van der Waals surface area contributed by atoms with E-state index in [0.717, 1.165) is 43.0 Å². The summed E-state index contributed by atoms with van der Waals surface area (Å²) in [6.07, 6.45) is 1.41. The molecule has 2 rings (SSSR count). The molecule has 1 aliphatic rings. The summed E-state index contributed by atoms with van der Waals surface area (Å²) in [4.78, 5) is 19.7. The molecule has 0 bridgehead atoms. The smallest absolute Gasteiger partial charge is 0.337 e. The predicted molar refractivity (Wildman–Crippen MR) is 73.2 cm³/mol. The number of pyridine rings is 1. The molecule has 1 saturated heterocycles. The molecule has 18 heavy (non-hydrogen) atoms. The molecule has 1 aromatic rings. The highest BCUT2D eigenvalue weighted by Gasteiger charge is 2.19. The van der Waals surface area contributed by atoms with E-state index in [1.807, 2.05) is 0 Å². The molecule has 0 amide bonds. The summed E-state index contributed by atoms with van der Waals surface area (Å²) < 4.78 is 0.743. The van der Waals surface area contributed by atoms with Crippen LogP contribution in [0.4, 0.5) is 5.82 Å². The van der Waals surface area contributed by atoms with Crippen LogP contribution in [0.5, 0.6) is 0 Å². The number of carboxylic acids is 1. The molecule has 1 aliphatic heterocycles. The maximum atomic E-state index is 10.8. The highest BCUT2D eigenvalue weighted by molar-refractivity contribution is 9.10. The standard InChI is InChI=1S/C12H16BrN3O2/c1-2-15-3-5-16(6-4-15)11-10(13)7-9(8-14-11)12(17)18/h7-8H,2-6H2,1H3,(H,17,18). The van der Waals surface area contributed by atoms with Crippen molar-refractivity contribution in [3.8, 4) is 0 Å². The zero-order valence-electron chi connectivity index (χ0n) is 10.3. The lowest BCUT2D eigenvalue weighted by atomic mass is 10.2. The van der Waals surface area contributed by atoms with E-state index in [2.05, 4.69) is 37.6 Å². The number of rotatable bonds is 3. The number of anilines is 1. The number of carbonyl (C=O) groups is 1. The third-order valence-electron chi connectivity index (χ3n) is 3.19. The summed E-state index contributed by atoms with van der Waals surface area (Å²) in [5.41, 5.74) is 0.206. The molecule has 0 aromatic carbocycles. The summed E-state index contributed by atoms with van der Waals surface area (Å²) in [7, 11) is 0. The Morgan fingerprint density at radius 1 is 1.44 bits per heavy atom. The van der Waals surface area contributed by atoms with Crippen molar-refractivity contribution in [2.24, 2.45) is 0 Å². The van der Waals surface area contributed by atoms with Crippen LogP contribution in [0.1, 0.15) is 17.3 Å². The average Bonchev–Trinajstić information content (AvgIpc) is 2.38. The van der Waals surface area contributed by atoms with E-state index < -0.39 is 5.97 Å². The molecule has 98 valence electrons. The van der Waals surface area contributed by atoms with Gasteiger partial charge in [0.25, 0.3) is 0 Å². The lowest BCUT2D eigenvalue weighted by Gasteiger charge is -2.35. The maximum absolute atomic E-state index is 10.8. The molecule has 0 atom stereocenters. The molecule has 5 nitrogen and oxygen atoms in total. The average molecular weight is 314 g/mol. The Morgan fingerprint density at radius 2 is 2.11 bits per heavy atom. The molecule has 1 aromatic heterocycles. The van der Waals surface area contributed by atoms with Gasteiger partial charge in [0.1, 0.15) is 5.82 Å². The Labute approximate surface area is 115 Å². The van der Waals surface area contributed by atoms with Gasteiger partial charge < -0.3 is 14.9 Å². The van der Waals surface area contributed by atoms with Gasteiger partial charge in [-0.25, -0.2) is 9.78 Å². The molecule has 2 heterocycles. The first kappa shape index (κ1) is 13.3. The molecule has 1 N–H and O–H groups in total. The van der Waals surface area contributed by atoms with E-state index in [4.69, 9.17) is 5.11 Å². The Morgan fingerprint density at radius 3 is 2.61 bits per heavy atom. The molecule has 0 unspecified atom stereocenters. The van der Waals surface area contributed by atoms with E-state index in [9.17, 15) is 4.79 Å². The number of hydrogen-bond donors (Lipinski definition) is 1. The number of halogens is 1. The second-order valence-electron chi connectivity index (χ2n) is 4.26. The van der Waals surface area contributed by atoms with Crippen molar-refractivity contribution >= 4 is 27.7 Å². The number of aromatic nitrogens is 1. The van der Waals surface area contributed by atoms with Crippen molar-refractivity contribution < 1.29 is 9.90 Å². The van der Waals surface area contributed by atoms with Gasteiger partial charge in [-0.05, 0) is 28.5 Å². The van der Waals surface area contributed by atoms with Crippen LogP contribution in [0.3, 0.4) is 0 Å². The van der Waals surface area contributed by atoms with Crippen LogP contribution in [0.25, 0.3) is 0 Å². The van der Waals surface area contributed by atoms with Gasteiger partial charge in [0.15, 0.2) is 0 Å². The van der Waals surface area contributed by atoms with Crippen molar-refractivity contribution in [1.29, 1.82) is 0 Å². The van der Waals surface area contributed by atoms with E-state index in [1.54, 1.807) is 6.07 Å². The Kier molecular flexibility index (Phi) is 4.19. The van der Waals surface area contributed by atoms with Crippen LogP contribution < -0.4 is 4.90 Å². The zero-order chi connectivity index (χ0) is 13.1. The number of likely N-dealkylation sites (N-methyl/N-ethyl adjacent to an activating group) is 1. The lowest BCUT2D eigenvalue weighted by Crippen LogP contribution is -2.46. The first-order valence-corrected chi connectivity index (χ1v) is 6.77. The van der Waals surface area contributed by atoms with Crippen LogP contribution >= 0.6 is 15.9 Å². The summed E-state index contributed by atoms with van der Waals surface area (Å²) in [5.74, 6) is -0.124. The normalized spacial score (nSPS) is 16.9. The summed E-state index contributed by atoms with van der Waals surface area (Å²) >= 11 is 3.40. The molecule has 1 fully saturated rings. The van der Waals surface area contributed by atoms with E-state index in [-0.39, 0.29) is 5.56 Å². The third-order valence-corrected chi connectivity index (χ3v) is 3.77. The fraction of sp³-hybridized carbons (Fsp3) is 0.500. The lowest BCUT2D eigenvalue weighted by molar-refractivity contribution is 0.0696. The van der Waals surface area contributed by atoms with E-state index in [1.165, 1.54) is 6.20 Å². The minimum absolute atomic E-state index is 0.206. The van der Waals surface area contributed by atoms with Crippen molar-refractivity contribution in [3.05, 3.63) is 22.3 Å². The fourth-order valence-electron chi connectivity index (χ4n) is 2.06. The van der Waals surface area contributed by atoms with Gasteiger partial charge in [-0.15, -0.1) is 0 Å². The van der Waals surface area contributed by atoms with Crippen LogP contribution in [0, 0.1) is 0 Å². The van der Waals surface area contributed by atoms with Gasteiger partial charge in [0, 0.05) is 32.4 Å². The second kappa shape index (κ2) is 5.67. The largest absolute Gasteiger partial charge is 0.478 e. The Bertz CT molecular complexity index is 445. The Balaban J connectivity index is 2.12. The van der Waals surface area contributed by atoms with Crippen LogP contribution in [0.15, 0.2) is 16.7 Å². The van der Waals surface area contributed by atoms with Crippen LogP contribution in [-0.2, 0) is 0 Å². The predicted octanol–water partition coefficient (Wildman–Crippen LogP) is 1.68. The zero-order valence-corrected chi connectivity index (χ0v) is 11.9. The SMILES string of the molecule is CCN1CCN(c2ncc(C(=O)O)cc2Br)CC1. The summed E-state index contributed by atoms with van der Waals surface area (Å²) in [6, 6.07) is 1.61. The van der Waals surface area contributed by atoms with Gasteiger partial charge >= 0.3 is 5.97 Å². The van der Waals surface area contributed by atoms with Crippen LogP contribution in [-0.4, -0.2) is 53.7 Å².